The molecular formula is C12H12ClN3O. The zero-order valence-corrected chi connectivity index (χ0v) is 10.0. The highest BCUT2D eigenvalue weighted by Gasteiger charge is 2.27. The minimum atomic E-state index is -0.325. The lowest BCUT2D eigenvalue weighted by molar-refractivity contribution is 0.0664. The summed E-state index contributed by atoms with van der Waals surface area (Å²) in [5, 5.41) is 9.51. The fourth-order valence-electron chi connectivity index (χ4n) is 1.96. The van der Waals surface area contributed by atoms with Gasteiger partial charge in [0.15, 0.2) is 0 Å². The van der Waals surface area contributed by atoms with Crippen LogP contribution in [0.2, 0.25) is 5.02 Å². The Labute approximate surface area is 105 Å². The highest BCUT2D eigenvalue weighted by Crippen LogP contribution is 2.19. The van der Waals surface area contributed by atoms with Gasteiger partial charge in [0.05, 0.1) is 11.1 Å². The number of rotatable bonds is 1. The van der Waals surface area contributed by atoms with Crippen LogP contribution in [0.3, 0.4) is 0 Å². The average molecular weight is 250 g/mol. The standard InChI is InChI=1S/C12H12ClN3O/c13-9-4-5-11(15-8-9)12(17)16-6-2-1-3-10(16)7-14/h4-5,8,10H,1-3,6H2. The van der Waals surface area contributed by atoms with Gasteiger partial charge < -0.3 is 4.90 Å². The van der Waals surface area contributed by atoms with Crippen molar-refractivity contribution in [3.05, 3.63) is 29.0 Å². The number of hydrogen-bond acceptors (Lipinski definition) is 3. The summed E-state index contributed by atoms with van der Waals surface area (Å²) in [6, 6.07) is 5.07. The Morgan fingerprint density at radius 3 is 3.00 bits per heavy atom. The molecule has 1 saturated heterocycles. The Morgan fingerprint density at radius 2 is 2.35 bits per heavy atom. The monoisotopic (exact) mass is 249 g/mol. The summed E-state index contributed by atoms with van der Waals surface area (Å²) in [5.74, 6) is -0.187. The predicted molar refractivity (Wildman–Crippen MR) is 63.5 cm³/mol. The third-order valence-electron chi connectivity index (χ3n) is 2.86. The second-order valence-electron chi connectivity index (χ2n) is 4.00. The van der Waals surface area contributed by atoms with E-state index in [0.29, 0.717) is 17.3 Å². The van der Waals surface area contributed by atoms with Crippen LogP contribution in [0.15, 0.2) is 18.3 Å². The van der Waals surface area contributed by atoms with E-state index in [4.69, 9.17) is 16.9 Å². The predicted octanol–water partition coefficient (Wildman–Crippen LogP) is 2.25. The normalized spacial score (nSPS) is 19.8. The molecule has 0 spiro atoms. The Balaban J connectivity index is 2.18. The van der Waals surface area contributed by atoms with Crippen molar-refractivity contribution >= 4 is 17.5 Å². The van der Waals surface area contributed by atoms with Crippen molar-refractivity contribution in [1.29, 1.82) is 5.26 Å². The van der Waals surface area contributed by atoms with Gasteiger partial charge in [0, 0.05) is 12.7 Å². The molecule has 0 N–H and O–H groups in total. The molecule has 1 aliphatic heterocycles. The number of carbonyl (C=O) groups is 1. The average Bonchev–Trinajstić information content (AvgIpc) is 2.39. The number of nitrogens with zero attached hydrogens (tertiary/aromatic N) is 3. The first-order valence-electron chi connectivity index (χ1n) is 5.54. The van der Waals surface area contributed by atoms with E-state index in [1.807, 2.05) is 0 Å². The highest BCUT2D eigenvalue weighted by molar-refractivity contribution is 6.30. The van der Waals surface area contributed by atoms with Crippen LogP contribution in [-0.2, 0) is 0 Å². The van der Waals surface area contributed by atoms with Crippen molar-refractivity contribution in [2.75, 3.05) is 6.54 Å². The first kappa shape index (κ1) is 11.9. The van der Waals surface area contributed by atoms with Crippen molar-refractivity contribution in [2.24, 2.45) is 0 Å². The molecule has 0 radical (unpaired) electrons. The van der Waals surface area contributed by atoms with Crippen LogP contribution >= 0.6 is 11.6 Å². The number of piperidine rings is 1. The third-order valence-corrected chi connectivity index (χ3v) is 3.08. The fourth-order valence-corrected chi connectivity index (χ4v) is 2.07. The van der Waals surface area contributed by atoms with Gasteiger partial charge in [0.25, 0.3) is 5.91 Å². The van der Waals surface area contributed by atoms with Gasteiger partial charge >= 0.3 is 0 Å². The van der Waals surface area contributed by atoms with Gasteiger partial charge in [-0.1, -0.05) is 11.6 Å². The van der Waals surface area contributed by atoms with Crippen LogP contribution in [0, 0.1) is 11.3 Å². The number of halogens is 1. The lowest BCUT2D eigenvalue weighted by Crippen LogP contribution is -2.43. The van der Waals surface area contributed by atoms with Crippen LogP contribution in [0.25, 0.3) is 0 Å². The molecule has 1 amide bonds. The molecule has 0 aromatic carbocycles. The summed E-state index contributed by atoms with van der Waals surface area (Å²) in [6.07, 6.45) is 4.13. The molecule has 5 heteroatoms. The van der Waals surface area contributed by atoms with E-state index in [1.165, 1.54) is 6.20 Å². The van der Waals surface area contributed by atoms with Crippen LogP contribution < -0.4 is 0 Å². The summed E-state index contributed by atoms with van der Waals surface area (Å²) in [7, 11) is 0. The van der Waals surface area contributed by atoms with Crippen LogP contribution in [0.5, 0.6) is 0 Å². The molecule has 17 heavy (non-hydrogen) atoms. The van der Waals surface area contributed by atoms with Crippen LogP contribution in [0.1, 0.15) is 29.8 Å². The Bertz CT molecular complexity index is 452. The summed E-state index contributed by atoms with van der Waals surface area (Å²) >= 11 is 5.72. The number of amides is 1. The number of hydrogen-bond donors (Lipinski definition) is 0. The maximum Gasteiger partial charge on any atom is 0.273 e. The Hall–Kier alpha value is -1.60. The molecule has 1 unspecified atom stereocenters. The first-order chi connectivity index (χ1) is 8.22. The Kier molecular flexibility index (Phi) is 3.60. The molecular weight excluding hydrogens is 238 g/mol. The van der Waals surface area contributed by atoms with Gasteiger partial charge in [-0.25, -0.2) is 4.98 Å². The fraction of sp³-hybridized carbons (Fsp3) is 0.417. The smallest absolute Gasteiger partial charge is 0.273 e. The molecule has 1 aromatic rings. The van der Waals surface area contributed by atoms with Gasteiger partial charge in [0.2, 0.25) is 0 Å². The van der Waals surface area contributed by atoms with Gasteiger partial charge in [-0.15, -0.1) is 0 Å². The van der Waals surface area contributed by atoms with E-state index in [1.54, 1.807) is 17.0 Å². The zero-order chi connectivity index (χ0) is 12.3. The number of likely N-dealkylation sites (tertiary alicyclic amines) is 1. The van der Waals surface area contributed by atoms with Crippen LogP contribution in [-0.4, -0.2) is 28.4 Å². The van der Waals surface area contributed by atoms with Gasteiger partial charge in [-0.3, -0.25) is 4.79 Å². The maximum absolute atomic E-state index is 12.1. The summed E-state index contributed by atoms with van der Waals surface area (Å²) in [4.78, 5) is 17.7. The lowest BCUT2D eigenvalue weighted by atomic mass is 10.0. The molecule has 1 aliphatic rings. The zero-order valence-electron chi connectivity index (χ0n) is 9.27. The molecule has 2 heterocycles. The molecule has 1 aromatic heterocycles. The maximum atomic E-state index is 12.1. The molecule has 1 fully saturated rings. The van der Waals surface area contributed by atoms with E-state index in [0.717, 1.165) is 19.3 Å². The SMILES string of the molecule is N#CC1CCCCN1C(=O)c1ccc(Cl)cn1. The van der Waals surface area contributed by atoms with Gasteiger partial charge in [-0.05, 0) is 31.4 Å². The summed E-state index contributed by atoms with van der Waals surface area (Å²) in [6.45, 7) is 0.626. The number of carbonyl (C=O) groups excluding carboxylic acids is 1. The second kappa shape index (κ2) is 5.15. The molecule has 2 rings (SSSR count). The van der Waals surface area contributed by atoms with E-state index in [9.17, 15) is 4.79 Å². The second-order valence-corrected chi connectivity index (χ2v) is 4.44. The summed E-state index contributed by atoms with van der Waals surface area (Å²) < 4.78 is 0. The minimum absolute atomic E-state index is 0.187. The highest BCUT2D eigenvalue weighted by atomic mass is 35.5. The van der Waals surface area contributed by atoms with E-state index in [-0.39, 0.29) is 11.9 Å². The number of aromatic nitrogens is 1. The largest absolute Gasteiger partial charge is 0.321 e. The molecule has 1 atom stereocenters. The molecule has 0 saturated carbocycles. The third kappa shape index (κ3) is 2.56. The number of nitriles is 1. The summed E-state index contributed by atoms with van der Waals surface area (Å²) in [5.41, 5.74) is 0.344. The van der Waals surface area contributed by atoms with Crippen molar-refractivity contribution in [3.63, 3.8) is 0 Å². The topological polar surface area (TPSA) is 57.0 Å². The van der Waals surface area contributed by atoms with E-state index in [2.05, 4.69) is 11.1 Å². The van der Waals surface area contributed by atoms with Crippen molar-refractivity contribution < 1.29 is 4.79 Å². The quantitative estimate of drug-likeness (QED) is 0.767. The molecule has 0 bridgehead atoms. The minimum Gasteiger partial charge on any atom is -0.321 e. The van der Waals surface area contributed by atoms with Crippen LogP contribution in [0.4, 0.5) is 0 Å². The van der Waals surface area contributed by atoms with E-state index < -0.39 is 0 Å². The van der Waals surface area contributed by atoms with Crippen molar-refractivity contribution in [1.82, 2.24) is 9.88 Å². The van der Waals surface area contributed by atoms with Gasteiger partial charge in [0.1, 0.15) is 11.7 Å². The molecule has 4 nitrogen and oxygen atoms in total. The lowest BCUT2D eigenvalue weighted by Gasteiger charge is -2.31. The van der Waals surface area contributed by atoms with E-state index >= 15 is 0 Å². The molecule has 0 aliphatic carbocycles. The molecule has 88 valence electrons. The van der Waals surface area contributed by atoms with Crippen molar-refractivity contribution in [2.45, 2.75) is 25.3 Å². The van der Waals surface area contributed by atoms with Gasteiger partial charge in [-0.2, -0.15) is 5.26 Å². The van der Waals surface area contributed by atoms with Crippen molar-refractivity contribution in [3.8, 4) is 6.07 Å². The first-order valence-corrected chi connectivity index (χ1v) is 5.92. The Morgan fingerprint density at radius 1 is 1.53 bits per heavy atom. The number of pyridine rings is 1.